The Bertz CT molecular complexity index is 195. The molecule has 15 heavy (non-hydrogen) atoms. The molecule has 1 aliphatic heterocycles. The van der Waals surface area contributed by atoms with Crippen LogP contribution in [-0.2, 0) is 9.53 Å². The van der Waals surface area contributed by atoms with Gasteiger partial charge in [-0.15, -0.1) is 0 Å². The first-order chi connectivity index (χ1) is 7.11. The standard InChI is InChI=1S/C12H22O3/c1-9(2)11(12(13)14)7-3-5-10-6-4-8-15-10/h9-11H,3-8H2,1-2H3,(H,13,14). The van der Waals surface area contributed by atoms with Crippen LogP contribution in [0.1, 0.15) is 46.0 Å². The highest BCUT2D eigenvalue weighted by atomic mass is 16.5. The highest BCUT2D eigenvalue weighted by Crippen LogP contribution is 2.22. The second kappa shape index (κ2) is 6.11. The molecule has 0 aromatic heterocycles. The molecule has 88 valence electrons. The van der Waals surface area contributed by atoms with Crippen LogP contribution < -0.4 is 0 Å². The van der Waals surface area contributed by atoms with Crippen LogP contribution in [0, 0.1) is 11.8 Å². The van der Waals surface area contributed by atoms with Crippen molar-refractivity contribution in [3.8, 4) is 0 Å². The lowest BCUT2D eigenvalue weighted by Gasteiger charge is -2.16. The zero-order valence-corrected chi connectivity index (χ0v) is 9.74. The molecule has 0 saturated carbocycles. The summed E-state index contributed by atoms with van der Waals surface area (Å²) in [7, 11) is 0. The molecule has 1 N–H and O–H groups in total. The first-order valence-corrected chi connectivity index (χ1v) is 5.95. The van der Waals surface area contributed by atoms with E-state index in [1.807, 2.05) is 13.8 Å². The third-order valence-electron chi connectivity index (χ3n) is 3.19. The molecule has 1 aliphatic rings. The van der Waals surface area contributed by atoms with Crippen LogP contribution in [-0.4, -0.2) is 23.8 Å². The van der Waals surface area contributed by atoms with Crippen molar-refractivity contribution in [3.63, 3.8) is 0 Å². The number of hydrogen-bond donors (Lipinski definition) is 1. The van der Waals surface area contributed by atoms with E-state index in [2.05, 4.69) is 0 Å². The Labute approximate surface area is 91.8 Å². The Kier molecular flexibility index (Phi) is 5.09. The Morgan fingerprint density at radius 2 is 2.27 bits per heavy atom. The lowest BCUT2D eigenvalue weighted by Crippen LogP contribution is -2.20. The summed E-state index contributed by atoms with van der Waals surface area (Å²) in [6, 6.07) is 0. The fourth-order valence-corrected chi connectivity index (χ4v) is 2.18. The summed E-state index contributed by atoms with van der Waals surface area (Å²) in [4.78, 5) is 10.9. The fourth-order valence-electron chi connectivity index (χ4n) is 2.18. The molecular formula is C12H22O3. The molecule has 0 bridgehead atoms. The zero-order chi connectivity index (χ0) is 11.3. The van der Waals surface area contributed by atoms with Crippen molar-refractivity contribution >= 4 is 5.97 Å². The van der Waals surface area contributed by atoms with Gasteiger partial charge in [0.2, 0.25) is 0 Å². The van der Waals surface area contributed by atoms with E-state index in [-0.39, 0.29) is 11.8 Å². The molecule has 1 fully saturated rings. The van der Waals surface area contributed by atoms with E-state index < -0.39 is 5.97 Å². The van der Waals surface area contributed by atoms with Crippen molar-refractivity contribution in [1.29, 1.82) is 0 Å². The van der Waals surface area contributed by atoms with Gasteiger partial charge in [0, 0.05) is 6.61 Å². The number of hydrogen-bond acceptors (Lipinski definition) is 2. The summed E-state index contributed by atoms with van der Waals surface area (Å²) in [5.74, 6) is -0.615. The first kappa shape index (κ1) is 12.5. The molecule has 3 heteroatoms. The van der Waals surface area contributed by atoms with E-state index in [1.54, 1.807) is 0 Å². The van der Waals surface area contributed by atoms with Crippen molar-refractivity contribution < 1.29 is 14.6 Å². The molecule has 1 rings (SSSR count). The van der Waals surface area contributed by atoms with Crippen LogP contribution in [0.5, 0.6) is 0 Å². The van der Waals surface area contributed by atoms with Crippen LogP contribution in [0.2, 0.25) is 0 Å². The maximum Gasteiger partial charge on any atom is 0.306 e. The molecule has 0 radical (unpaired) electrons. The third kappa shape index (κ3) is 4.20. The molecular weight excluding hydrogens is 192 g/mol. The molecule has 1 heterocycles. The molecule has 0 aliphatic carbocycles. The minimum absolute atomic E-state index is 0.189. The number of carboxylic acids is 1. The van der Waals surface area contributed by atoms with Gasteiger partial charge >= 0.3 is 5.97 Å². The van der Waals surface area contributed by atoms with Gasteiger partial charge in [0.1, 0.15) is 0 Å². The van der Waals surface area contributed by atoms with Crippen LogP contribution in [0.4, 0.5) is 0 Å². The van der Waals surface area contributed by atoms with Gasteiger partial charge in [-0.1, -0.05) is 20.3 Å². The van der Waals surface area contributed by atoms with Crippen molar-refractivity contribution in [2.45, 2.75) is 52.1 Å². The van der Waals surface area contributed by atoms with Crippen LogP contribution in [0.15, 0.2) is 0 Å². The SMILES string of the molecule is CC(C)C(CCCC1CCCO1)C(=O)O. The predicted octanol–water partition coefficient (Wildman–Crippen LogP) is 2.69. The smallest absolute Gasteiger partial charge is 0.306 e. The Morgan fingerprint density at radius 1 is 1.53 bits per heavy atom. The summed E-state index contributed by atoms with van der Waals surface area (Å²) in [5.41, 5.74) is 0. The second-order valence-electron chi connectivity index (χ2n) is 4.75. The van der Waals surface area contributed by atoms with Gasteiger partial charge in [-0.05, 0) is 31.6 Å². The normalized spacial score (nSPS) is 23.3. The van der Waals surface area contributed by atoms with E-state index >= 15 is 0 Å². The number of ether oxygens (including phenoxy) is 1. The monoisotopic (exact) mass is 214 g/mol. The number of carbonyl (C=O) groups is 1. The highest BCUT2D eigenvalue weighted by molar-refractivity contribution is 5.70. The maximum absolute atomic E-state index is 10.9. The van der Waals surface area contributed by atoms with Gasteiger partial charge in [-0.25, -0.2) is 0 Å². The van der Waals surface area contributed by atoms with E-state index in [1.165, 1.54) is 0 Å². The minimum Gasteiger partial charge on any atom is -0.481 e. The summed E-state index contributed by atoms with van der Waals surface area (Å²) in [6.45, 7) is 4.84. The predicted molar refractivity (Wildman–Crippen MR) is 58.8 cm³/mol. The Morgan fingerprint density at radius 3 is 2.73 bits per heavy atom. The number of rotatable bonds is 6. The summed E-state index contributed by atoms with van der Waals surface area (Å²) in [5, 5.41) is 9.00. The van der Waals surface area contributed by atoms with E-state index in [0.29, 0.717) is 6.10 Å². The number of carboxylic acid groups (broad SMARTS) is 1. The average molecular weight is 214 g/mol. The van der Waals surface area contributed by atoms with Gasteiger partial charge in [0.05, 0.1) is 12.0 Å². The third-order valence-corrected chi connectivity index (χ3v) is 3.19. The van der Waals surface area contributed by atoms with Crippen LogP contribution >= 0.6 is 0 Å². The van der Waals surface area contributed by atoms with Crippen molar-refractivity contribution in [2.24, 2.45) is 11.8 Å². The molecule has 0 amide bonds. The molecule has 1 saturated heterocycles. The molecule has 2 atom stereocenters. The molecule has 0 aromatic rings. The summed E-state index contributed by atoms with van der Waals surface area (Å²) in [6.07, 6.45) is 5.49. The minimum atomic E-state index is -0.655. The van der Waals surface area contributed by atoms with Crippen molar-refractivity contribution in [1.82, 2.24) is 0 Å². The van der Waals surface area contributed by atoms with Gasteiger partial charge in [0.25, 0.3) is 0 Å². The zero-order valence-electron chi connectivity index (χ0n) is 9.74. The lowest BCUT2D eigenvalue weighted by atomic mass is 9.90. The topological polar surface area (TPSA) is 46.5 Å². The quantitative estimate of drug-likeness (QED) is 0.739. The Hall–Kier alpha value is -0.570. The molecule has 0 aromatic carbocycles. The van der Waals surface area contributed by atoms with Crippen LogP contribution in [0.3, 0.4) is 0 Å². The highest BCUT2D eigenvalue weighted by Gasteiger charge is 2.22. The molecule has 3 nitrogen and oxygen atoms in total. The average Bonchev–Trinajstić information content (AvgIpc) is 2.63. The van der Waals surface area contributed by atoms with Crippen molar-refractivity contribution in [3.05, 3.63) is 0 Å². The second-order valence-corrected chi connectivity index (χ2v) is 4.75. The van der Waals surface area contributed by atoms with Gasteiger partial charge in [-0.2, -0.15) is 0 Å². The molecule has 2 unspecified atom stereocenters. The van der Waals surface area contributed by atoms with E-state index in [4.69, 9.17) is 9.84 Å². The first-order valence-electron chi connectivity index (χ1n) is 5.95. The van der Waals surface area contributed by atoms with Gasteiger partial charge in [0.15, 0.2) is 0 Å². The number of aliphatic carboxylic acids is 1. The fraction of sp³-hybridized carbons (Fsp3) is 0.917. The van der Waals surface area contributed by atoms with Gasteiger partial charge < -0.3 is 9.84 Å². The van der Waals surface area contributed by atoms with Gasteiger partial charge in [-0.3, -0.25) is 4.79 Å². The summed E-state index contributed by atoms with van der Waals surface area (Å²) >= 11 is 0. The van der Waals surface area contributed by atoms with E-state index in [0.717, 1.165) is 38.7 Å². The summed E-state index contributed by atoms with van der Waals surface area (Å²) < 4.78 is 5.51. The maximum atomic E-state index is 10.9. The Balaban J connectivity index is 2.18. The van der Waals surface area contributed by atoms with Crippen LogP contribution in [0.25, 0.3) is 0 Å². The van der Waals surface area contributed by atoms with Crippen molar-refractivity contribution in [2.75, 3.05) is 6.61 Å². The van der Waals surface area contributed by atoms with E-state index in [9.17, 15) is 4.79 Å². The lowest BCUT2D eigenvalue weighted by molar-refractivity contribution is -0.143. The molecule has 0 spiro atoms. The largest absolute Gasteiger partial charge is 0.481 e.